The zero-order valence-corrected chi connectivity index (χ0v) is 11.8. The van der Waals surface area contributed by atoms with Gasteiger partial charge < -0.3 is 14.7 Å². The highest BCUT2D eigenvalue weighted by Crippen LogP contribution is 2.20. The minimum absolute atomic E-state index is 0.335. The highest BCUT2D eigenvalue weighted by molar-refractivity contribution is 5.17. The molecule has 0 bridgehead atoms. The van der Waals surface area contributed by atoms with Crippen LogP contribution in [0.4, 0.5) is 0 Å². The molecule has 0 spiro atoms. The minimum atomic E-state index is -0.335. The predicted octanol–water partition coefficient (Wildman–Crippen LogP) is 2.47. The number of hydrogen-bond donors (Lipinski definition) is 1. The van der Waals surface area contributed by atoms with E-state index in [4.69, 9.17) is 4.74 Å². The molecule has 0 saturated carbocycles. The predicted molar refractivity (Wildman–Crippen MR) is 77.1 cm³/mol. The van der Waals surface area contributed by atoms with Gasteiger partial charge in [-0.1, -0.05) is 30.3 Å². The maximum atomic E-state index is 10.1. The van der Waals surface area contributed by atoms with Crippen molar-refractivity contribution in [1.29, 1.82) is 0 Å². The Bertz CT molecular complexity index is 347. The van der Waals surface area contributed by atoms with Gasteiger partial charge >= 0.3 is 0 Å². The molecule has 1 aromatic rings. The molecule has 106 valence electrons. The van der Waals surface area contributed by atoms with Gasteiger partial charge in [-0.15, -0.1) is 0 Å². The molecule has 1 heterocycles. The van der Waals surface area contributed by atoms with Gasteiger partial charge in [-0.05, 0) is 43.8 Å². The van der Waals surface area contributed by atoms with Crippen LogP contribution in [0.25, 0.3) is 0 Å². The lowest BCUT2D eigenvalue weighted by atomic mass is 9.97. The minimum Gasteiger partial charge on any atom is -0.388 e. The Kier molecular flexibility index (Phi) is 5.83. The van der Waals surface area contributed by atoms with Crippen LogP contribution in [0.5, 0.6) is 0 Å². The van der Waals surface area contributed by atoms with Gasteiger partial charge in [0.25, 0.3) is 0 Å². The second-order valence-electron chi connectivity index (χ2n) is 5.46. The van der Waals surface area contributed by atoms with E-state index >= 15 is 0 Å². The third-order valence-electron chi connectivity index (χ3n) is 4.01. The van der Waals surface area contributed by atoms with Gasteiger partial charge in [0.15, 0.2) is 0 Å². The standard InChI is InChI=1S/C16H25NO2/c1-19-13-14-7-10-17(11-8-14)12-9-16(18)15-5-3-2-4-6-15/h2-6,14,16,18H,7-13H2,1H3. The summed E-state index contributed by atoms with van der Waals surface area (Å²) < 4.78 is 5.21. The molecule has 0 radical (unpaired) electrons. The quantitative estimate of drug-likeness (QED) is 0.856. The van der Waals surface area contributed by atoms with Crippen LogP contribution in [0.3, 0.4) is 0 Å². The van der Waals surface area contributed by atoms with Gasteiger partial charge in [0.1, 0.15) is 0 Å². The molecular weight excluding hydrogens is 238 g/mol. The van der Waals surface area contributed by atoms with Crippen molar-refractivity contribution in [1.82, 2.24) is 4.90 Å². The Labute approximate surface area is 116 Å². The van der Waals surface area contributed by atoms with Gasteiger partial charge in [0.2, 0.25) is 0 Å². The summed E-state index contributed by atoms with van der Waals surface area (Å²) in [5.41, 5.74) is 1.02. The zero-order valence-electron chi connectivity index (χ0n) is 11.8. The fraction of sp³-hybridized carbons (Fsp3) is 0.625. The number of rotatable bonds is 6. The van der Waals surface area contributed by atoms with E-state index in [1.54, 1.807) is 7.11 Å². The molecule has 19 heavy (non-hydrogen) atoms. The topological polar surface area (TPSA) is 32.7 Å². The van der Waals surface area contributed by atoms with E-state index in [0.29, 0.717) is 0 Å². The molecular formula is C16H25NO2. The highest BCUT2D eigenvalue weighted by Gasteiger charge is 2.19. The molecule has 1 N–H and O–H groups in total. The van der Waals surface area contributed by atoms with Crippen molar-refractivity contribution in [3.63, 3.8) is 0 Å². The van der Waals surface area contributed by atoms with Crippen molar-refractivity contribution >= 4 is 0 Å². The average Bonchev–Trinajstić information content (AvgIpc) is 2.47. The van der Waals surface area contributed by atoms with E-state index in [1.807, 2.05) is 30.3 Å². The van der Waals surface area contributed by atoms with E-state index in [2.05, 4.69) is 4.90 Å². The number of hydrogen-bond acceptors (Lipinski definition) is 3. The van der Waals surface area contributed by atoms with Crippen LogP contribution < -0.4 is 0 Å². The summed E-state index contributed by atoms with van der Waals surface area (Å²) in [6.07, 6.45) is 2.92. The molecule has 1 unspecified atom stereocenters. The highest BCUT2D eigenvalue weighted by atomic mass is 16.5. The van der Waals surface area contributed by atoms with Crippen LogP contribution in [0.1, 0.15) is 30.9 Å². The van der Waals surface area contributed by atoms with Crippen molar-refractivity contribution in [3.8, 4) is 0 Å². The van der Waals surface area contributed by atoms with E-state index in [9.17, 15) is 5.11 Å². The summed E-state index contributed by atoms with van der Waals surface area (Å²) in [6, 6.07) is 9.94. The molecule has 1 saturated heterocycles. The average molecular weight is 263 g/mol. The van der Waals surface area contributed by atoms with Crippen LogP contribution in [0, 0.1) is 5.92 Å². The Balaban J connectivity index is 1.69. The number of benzene rings is 1. The van der Waals surface area contributed by atoms with Crippen molar-refractivity contribution in [2.45, 2.75) is 25.4 Å². The Morgan fingerprint density at radius 3 is 2.58 bits per heavy atom. The number of methoxy groups -OCH3 is 1. The summed E-state index contributed by atoms with van der Waals surface area (Å²) in [4.78, 5) is 2.46. The largest absolute Gasteiger partial charge is 0.388 e. The van der Waals surface area contributed by atoms with Crippen molar-refractivity contribution in [2.24, 2.45) is 5.92 Å². The van der Waals surface area contributed by atoms with Crippen LogP contribution in [0.15, 0.2) is 30.3 Å². The third-order valence-corrected chi connectivity index (χ3v) is 4.01. The molecule has 1 atom stereocenters. The first kappa shape index (κ1) is 14.5. The van der Waals surface area contributed by atoms with E-state index in [-0.39, 0.29) is 6.10 Å². The number of piperidine rings is 1. The lowest BCUT2D eigenvalue weighted by Gasteiger charge is -2.32. The van der Waals surface area contributed by atoms with Gasteiger partial charge in [-0.3, -0.25) is 0 Å². The lowest BCUT2D eigenvalue weighted by Crippen LogP contribution is -2.36. The van der Waals surface area contributed by atoms with Gasteiger partial charge in [0.05, 0.1) is 6.10 Å². The Morgan fingerprint density at radius 2 is 1.95 bits per heavy atom. The summed E-state index contributed by atoms with van der Waals surface area (Å²) in [5, 5.41) is 10.1. The summed E-state index contributed by atoms with van der Waals surface area (Å²) >= 11 is 0. The van der Waals surface area contributed by atoms with Gasteiger partial charge in [-0.2, -0.15) is 0 Å². The van der Waals surface area contributed by atoms with Crippen LogP contribution >= 0.6 is 0 Å². The van der Waals surface area contributed by atoms with Gasteiger partial charge in [0, 0.05) is 20.3 Å². The maximum Gasteiger partial charge on any atom is 0.0802 e. The molecule has 1 aliphatic heterocycles. The third kappa shape index (κ3) is 4.60. The van der Waals surface area contributed by atoms with E-state index in [1.165, 1.54) is 12.8 Å². The fourth-order valence-electron chi connectivity index (χ4n) is 2.76. The smallest absolute Gasteiger partial charge is 0.0802 e. The normalized spacial score (nSPS) is 19.5. The summed E-state index contributed by atoms with van der Waals surface area (Å²) in [5.74, 6) is 0.722. The molecule has 1 fully saturated rings. The first-order chi connectivity index (χ1) is 9.29. The van der Waals surface area contributed by atoms with Crippen LogP contribution in [-0.4, -0.2) is 43.4 Å². The lowest BCUT2D eigenvalue weighted by molar-refractivity contribution is 0.0869. The zero-order chi connectivity index (χ0) is 13.5. The summed E-state index contributed by atoms with van der Waals surface area (Å²) in [6.45, 7) is 4.14. The van der Waals surface area contributed by atoms with E-state index in [0.717, 1.165) is 44.1 Å². The fourth-order valence-corrected chi connectivity index (χ4v) is 2.76. The van der Waals surface area contributed by atoms with Crippen LogP contribution in [-0.2, 0) is 4.74 Å². The molecule has 3 heteroatoms. The van der Waals surface area contributed by atoms with E-state index < -0.39 is 0 Å². The van der Waals surface area contributed by atoms with Crippen molar-refractivity contribution in [2.75, 3.05) is 33.4 Å². The number of ether oxygens (including phenoxy) is 1. The molecule has 0 amide bonds. The molecule has 3 nitrogen and oxygen atoms in total. The number of aliphatic hydroxyl groups excluding tert-OH is 1. The molecule has 2 rings (SSSR count). The molecule has 0 aromatic heterocycles. The molecule has 0 aliphatic carbocycles. The number of aliphatic hydroxyl groups is 1. The number of likely N-dealkylation sites (tertiary alicyclic amines) is 1. The maximum absolute atomic E-state index is 10.1. The van der Waals surface area contributed by atoms with Crippen molar-refractivity contribution in [3.05, 3.63) is 35.9 Å². The second kappa shape index (κ2) is 7.63. The molecule has 1 aliphatic rings. The second-order valence-corrected chi connectivity index (χ2v) is 5.46. The summed E-state index contributed by atoms with van der Waals surface area (Å²) in [7, 11) is 1.78. The van der Waals surface area contributed by atoms with Gasteiger partial charge in [-0.25, -0.2) is 0 Å². The number of nitrogens with zero attached hydrogens (tertiary/aromatic N) is 1. The molecule has 1 aromatic carbocycles. The Hall–Kier alpha value is -0.900. The van der Waals surface area contributed by atoms with Crippen molar-refractivity contribution < 1.29 is 9.84 Å². The van der Waals surface area contributed by atoms with Crippen LogP contribution in [0.2, 0.25) is 0 Å². The first-order valence-corrected chi connectivity index (χ1v) is 7.24. The monoisotopic (exact) mass is 263 g/mol. The first-order valence-electron chi connectivity index (χ1n) is 7.24. The Morgan fingerprint density at radius 1 is 1.26 bits per heavy atom. The SMILES string of the molecule is COCC1CCN(CCC(O)c2ccccc2)CC1.